The summed E-state index contributed by atoms with van der Waals surface area (Å²) in [6.07, 6.45) is 2.33. The maximum atomic E-state index is 12.2. The molecule has 1 aromatic rings. The van der Waals surface area contributed by atoms with Gasteiger partial charge in [-0.3, -0.25) is 4.79 Å². The molecule has 0 amide bonds. The van der Waals surface area contributed by atoms with Crippen molar-refractivity contribution >= 4 is 5.78 Å². The van der Waals surface area contributed by atoms with Gasteiger partial charge in [0.1, 0.15) is 0 Å². The molecule has 0 N–H and O–H groups in total. The van der Waals surface area contributed by atoms with E-state index in [4.69, 9.17) is 0 Å². The summed E-state index contributed by atoms with van der Waals surface area (Å²) in [7, 11) is 0. The Balaban J connectivity index is 2.12. The molecule has 100 valence electrons. The van der Waals surface area contributed by atoms with E-state index in [1.807, 2.05) is 0 Å². The fourth-order valence-corrected chi connectivity index (χ4v) is 2.23. The molecular weight excluding hydrogens is 247 g/mol. The van der Waals surface area contributed by atoms with Gasteiger partial charge in [0.25, 0.3) is 5.78 Å². The minimum Gasteiger partial charge on any atom is -0.282 e. The molecule has 0 aliphatic heterocycles. The van der Waals surface area contributed by atoms with Crippen molar-refractivity contribution in [3.63, 3.8) is 0 Å². The number of nitrogens with zero attached hydrogens (tertiary/aromatic N) is 3. The molecule has 4 nitrogen and oxygen atoms in total. The van der Waals surface area contributed by atoms with E-state index in [1.54, 1.807) is 0 Å². The Morgan fingerprint density at radius 3 is 2.39 bits per heavy atom. The van der Waals surface area contributed by atoms with Crippen LogP contribution in [0.5, 0.6) is 0 Å². The summed E-state index contributed by atoms with van der Waals surface area (Å²) >= 11 is 0. The van der Waals surface area contributed by atoms with Crippen LogP contribution in [0, 0.1) is 0 Å². The summed E-state index contributed by atoms with van der Waals surface area (Å²) in [4.78, 5) is 11.0. The third-order valence-corrected chi connectivity index (χ3v) is 3.20. The van der Waals surface area contributed by atoms with E-state index < -0.39 is 17.7 Å². The van der Waals surface area contributed by atoms with Gasteiger partial charge in [0.05, 0.1) is 12.2 Å². The minimum atomic E-state index is -4.88. The molecule has 0 spiro atoms. The van der Waals surface area contributed by atoms with Crippen LogP contribution in [0.4, 0.5) is 13.2 Å². The van der Waals surface area contributed by atoms with Crippen molar-refractivity contribution in [1.29, 1.82) is 0 Å². The highest BCUT2D eigenvalue weighted by Crippen LogP contribution is 2.27. The van der Waals surface area contributed by atoms with Crippen LogP contribution in [0.15, 0.2) is 6.20 Å². The average molecular weight is 261 g/mol. The van der Waals surface area contributed by atoms with Crippen LogP contribution < -0.4 is 0 Å². The summed E-state index contributed by atoms with van der Waals surface area (Å²) in [6, 6.07) is 0.0646. The standard InChI is InChI=1S/C11H14F3N3O/c12-11(13,14)10(18)9-7-17(16-15-9)8-5-3-1-2-4-6-8/h7-8H,1-6H2. The molecule has 7 heteroatoms. The molecule has 1 aromatic heterocycles. The molecule has 0 radical (unpaired) electrons. The van der Waals surface area contributed by atoms with Gasteiger partial charge in [-0.1, -0.05) is 30.9 Å². The molecule has 18 heavy (non-hydrogen) atoms. The van der Waals surface area contributed by atoms with Gasteiger partial charge in [0.15, 0.2) is 5.69 Å². The van der Waals surface area contributed by atoms with Crippen molar-refractivity contribution in [2.75, 3.05) is 0 Å². The number of hydrogen-bond acceptors (Lipinski definition) is 3. The molecule has 1 heterocycles. The van der Waals surface area contributed by atoms with Crippen molar-refractivity contribution < 1.29 is 18.0 Å². The second-order valence-corrected chi connectivity index (χ2v) is 4.56. The lowest BCUT2D eigenvalue weighted by atomic mass is 10.1. The molecule has 0 bridgehead atoms. The summed E-state index contributed by atoms with van der Waals surface area (Å²) in [5.41, 5.74) is -0.619. The molecule has 2 rings (SSSR count). The van der Waals surface area contributed by atoms with Crippen LogP contribution in [0.1, 0.15) is 55.1 Å². The zero-order chi connectivity index (χ0) is 13.2. The SMILES string of the molecule is O=C(c1cn(C2CCCCCC2)nn1)C(F)(F)F. The summed E-state index contributed by atoms with van der Waals surface area (Å²) in [5, 5.41) is 6.99. The predicted molar refractivity (Wildman–Crippen MR) is 57.1 cm³/mol. The predicted octanol–water partition coefficient (Wildman–Crippen LogP) is 2.92. The first-order valence-electron chi connectivity index (χ1n) is 6.02. The number of rotatable bonds is 2. The minimum absolute atomic E-state index is 0.0646. The lowest BCUT2D eigenvalue weighted by Gasteiger charge is -2.12. The monoisotopic (exact) mass is 261 g/mol. The molecule has 0 atom stereocenters. The maximum Gasteiger partial charge on any atom is 0.456 e. The molecule has 0 unspecified atom stereocenters. The maximum absolute atomic E-state index is 12.2. The van der Waals surface area contributed by atoms with Crippen LogP contribution in [-0.4, -0.2) is 27.0 Å². The highest BCUT2D eigenvalue weighted by molar-refractivity contribution is 5.98. The number of carbonyl (C=O) groups is 1. The first-order chi connectivity index (χ1) is 8.48. The van der Waals surface area contributed by atoms with Crippen molar-refractivity contribution in [2.45, 2.75) is 50.7 Å². The molecule has 0 saturated heterocycles. The Bertz CT molecular complexity index is 419. The number of ketones is 1. The highest BCUT2D eigenvalue weighted by Gasteiger charge is 2.41. The van der Waals surface area contributed by atoms with Crippen molar-refractivity contribution in [2.24, 2.45) is 0 Å². The number of halogens is 3. The number of hydrogen-bond donors (Lipinski definition) is 0. The molecule has 0 aromatic carbocycles. The lowest BCUT2D eigenvalue weighted by Crippen LogP contribution is -2.23. The number of alkyl halides is 3. The largest absolute Gasteiger partial charge is 0.456 e. The molecule has 1 aliphatic rings. The fraction of sp³-hybridized carbons (Fsp3) is 0.727. The van der Waals surface area contributed by atoms with Gasteiger partial charge in [0, 0.05) is 0 Å². The van der Waals surface area contributed by atoms with E-state index in [0.717, 1.165) is 44.7 Å². The molecule has 1 aliphatic carbocycles. The summed E-state index contributed by atoms with van der Waals surface area (Å²) in [5.74, 6) is -1.93. The van der Waals surface area contributed by atoms with Gasteiger partial charge in [0.2, 0.25) is 0 Å². The van der Waals surface area contributed by atoms with Crippen LogP contribution in [0.2, 0.25) is 0 Å². The normalized spacial score (nSPS) is 18.6. The van der Waals surface area contributed by atoms with Crippen LogP contribution in [-0.2, 0) is 0 Å². The smallest absolute Gasteiger partial charge is 0.282 e. The van der Waals surface area contributed by atoms with E-state index in [-0.39, 0.29) is 6.04 Å². The molecule has 1 fully saturated rings. The molecule has 1 saturated carbocycles. The number of Topliss-reactive ketones (excluding diaryl/α,β-unsaturated/α-hetero) is 1. The van der Waals surface area contributed by atoms with Gasteiger partial charge in [-0.2, -0.15) is 13.2 Å². The van der Waals surface area contributed by atoms with Crippen molar-refractivity contribution in [3.8, 4) is 0 Å². The Hall–Kier alpha value is -1.40. The number of carbonyl (C=O) groups excluding carboxylic acids is 1. The van der Waals surface area contributed by atoms with Gasteiger partial charge in [-0.25, -0.2) is 4.68 Å². The first-order valence-corrected chi connectivity index (χ1v) is 6.02. The van der Waals surface area contributed by atoms with Gasteiger partial charge >= 0.3 is 6.18 Å². The van der Waals surface area contributed by atoms with Crippen LogP contribution in [0.3, 0.4) is 0 Å². The topological polar surface area (TPSA) is 47.8 Å². The highest BCUT2D eigenvalue weighted by atomic mass is 19.4. The van der Waals surface area contributed by atoms with Gasteiger partial charge in [-0.15, -0.1) is 5.10 Å². The lowest BCUT2D eigenvalue weighted by molar-refractivity contribution is -0.0888. The Morgan fingerprint density at radius 2 is 1.83 bits per heavy atom. The van der Waals surface area contributed by atoms with Crippen molar-refractivity contribution in [3.05, 3.63) is 11.9 Å². The first kappa shape index (κ1) is 13.0. The summed E-state index contributed by atoms with van der Waals surface area (Å²) < 4.78 is 38.1. The number of aromatic nitrogens is 3. The second-order valence-electron chi connectivity index (χ2n) is 4.56. The zero-order valence-corrected chi connectivity index (χ0v) is 9.78. The van der Waals surface area contributed by atoms with Gasteiger partial charge < -0.3 is 0 Å². The summed E-state index contributed by atoms with van der Waals surface area (Å²) in [6.45, 7) is 0. The Labute approximate surface area is 102 Å². The van der Waals surface area contributed by atoms with E-state index in [2.05, 4.69) is 10.3 Å². The third kappa shape index (κ3) is 2.88. The Morgan fingerprint density at radius 1 is 1.22 bits per heavy atom. The van der Waals surface area contributed by atoms with Crippen LogP contribution >= 0.6 is 0 Å². The van der Waals surface area contributed by atoms with E-state index in [1.165, 1.54) is 4.68 Å². The zero-order valence-electron chi connectivity index (χ0n) is 9.78. The van der Waals surface area contributed by atoms with E-state index >= 15 is 0 Å². The van der Waals surface area contributed by atoms with Crippen molar-refractivity contribution in [1.82, 2.24) is 15.0 Å². The van der Waals surface area contributed by atoms with Gasteiger partial charge in [-0.05, 0) is 12.8 Å². The van der Waals surface area contributed by atoms with E-state index in [0.29, 0.717) is 0 Å². The molecular formula is C11H14F3N3O. The quantitative estimate of drug-likeness (QED) is 0.607. The Kier molecular flexibility index (Phi) is 3.68. The van der Waals surface area contributed by atoms with Crippen LogP contribution in [0.25, 0.3) is 0 Å². The third-order valence-electron chi connectivity index (χ3n) is 3.20. The fourth-order valence-electron chi connectivity index (χ4n) is 2.23. The second kappa shape index (κ2) is 5.07. The van der Waals surface area contributed by atoms with E-state index in [9.17, 15) is 18.0 Å². The average Bonchev–Trinajstić information content (AvgIpc) is 2.62.